The van der Waals surface area contributed by atoms with Crippen molar-refractivity contribution in [1.82, 2.24) is 10.3 Å². The smallest absolute Gasteiger partial charge is 0.129 e. The Hall–Kier alpha value is -3.06. The molecule has 2 unspecified atom stereocenters. The largest absolute Gasteiger partial charge is 0.491 e. The van der Waals surface area contributed by atoms with Crippen LogP contribution in [0.2, 0.25) is 0 Å². The number of hydrogen-bond acceptors (Lipinski definition) is 5. The molecular weight excluding hydrogens is 416 g/mol. The van der Waals surface area contributed by atoms with Crippen LogP contribution in [-0.2, 0) is 6.42 Å². The Morgan fingerprint density at radius 2 is 1.70 bits per heavy atom. The fraction of sp³-hybridized carbons (Fsp3) is 0.333. The molecule has 0 spiro atoms. The van der Waals surface area contributed by atoms with Crippen LogP contribution in [0.3, 0.4) is 0 Å². The molecule has 2 atom stereocenters. The van der Waals surface area contributed by atoms with Gasteiger partial charge in [-0.05, 0) is 54.8 Å². The second-order valence-electron chi connectivity index (χ2n) is 8.50. The monoisotopic (exact) mass is 448 g/mol. The number of aliphatic hydroxyl groups excluding tert-OH is 2. The molecule has 4 aromatic rings. The minimum absolute atomic E-state index is 0.0139. The fourth-order valence-electron chi connectivity index (χ4n) is 4.09. The van der Waals surface area contributed by atoms with E-state index in [1.807, 2.05) is 42.5 Å². The van der Waals surface area contributed by atoms with Crippen LogP contribution in [0.4, 0.5) is 0 Å². The average Bonchev–Trinajstić information content (AvgIpc) is 3.21. The molecule has 33 heavy (non-hydrogen) atoms. The lowest BCUT2D eigenvalue weighted by Crippen LogP contribution is -2.34. The summed E-state index contributed by atoms with van der Waals surface area (Å²) in [7, 11) is 0. The van der Waals surface area contributed by atoms with Crippen molar-refractivity contribution in [3.8, 4) is 11.5 Å². The van der Waals surface area contributed by atoms with Crippen LogP contribution in [0.25, 0.3) is 21.8 Å². The van der Waals surface area contributed by atoms with E-state index in [1.165, 1.54) is 5.56 Å². The Bertz CT molecular complexity index is 1160. The van der Waals surface area contributed by atoms with Gasteiger partial charge in [0.25, 0.3) is 0 Å². The zero-order valence-electron chi connectivity index (χ0n) is 19.0. The molecule has 4 N–H and O–H groups in total. The molecule has 4 rings (SSSR count). The van der Waals surface area contributed by atoms with Crippen LogP contribution in [0.15, 0.2) is 66.7 Å². The second kappa shape index (κ2) is 11.2. The number of aliphatic hydroxyl groups is 2. The van der Waals surface area contributed by atoms with Crippen molar-refractivity contribution < 1.29 is 19.7 Å². The summed E-state index contributed by atoms with van der Waals surface area (Å²) in [6.45, 7) is 4.02. The lowest BCUT2D eigenvalue weighted by molar-refractivity contribution is 0.106. The second-order valence-corrected chi connectivity index (χ2v) is 8.50. The number of rotatable bonds is 12. The van der Waals surface area contributed by atoms with Gasteiger partial charge in [-0.3, -0.25) is 0 Å². The molecule has 174 valence electrons. The Morgan fingerprint density at radius 3 is 2.52 bits per heavy atom. The first-order valence-corrected chi connectivity index (χ1v) is 11.5. The van der Waals surface area contributed by atoms with E-state index in [4.69, 9.17) is 14.6 Å². The highest BCUT2D eigenvalue weighted by molar-refractivity contribution is 6.10. The van der Waals surface area contributed by atoms with E-state index in [2.05, 4.69) is 41.5 Å². The highest BCUT2D eigenvalue weighted by Crippen LogP contribution is 2.32. The average molecular weight is 449 g/mol. The summed E-state index contributed by atoms with van der Waals surface area (Å²) in [4.78, 5) is 3.41. The van der Waals surface area contributed by atoms with E-state index in [9.17, 15) is 5.11 Å². The Kier molecular flexibility index (Phi) is 7.83. The minimum atomic E-state index is -0.597. The molecule has 0 aliphatic heterocycles. The van der Waals surface area contributed by atoms with Gasteiger partial charge in [0.15, 0.2) is 0 Å². The van der Waals surface area contributed by atoms with E-state index < -0.39 is 6.10 Å². The predicted molar refractivity (Wildman–Crippen MR) is 132 cm³/mol. The first kappa shape index (κ1) is 23.1. The molecule has 6 heteroatoms. The molecule has 0 radical (unpaired) electrons. The minimum Gasteiger partial charge on any atom is -0.491 e. The number of aromatic nitrogens is 1. The highest BCUT2D eigenvalue weighted by atomic mass is 16.5. The molecule has 0 amide bonds. The molecule has 0 fully saturated rings. The topological polar surface area (TPSA) is 86.7 Å². The van der Waals surface area contributed by atoms with E-state index >= 15 is 0 Å². The quantitative estimate of drug-likeness (QED) is 0.264. The van der Waals surface area contributed by atoms with Gasteiger partial charge in [-0.25, -0.2) is 0 Å². The van der Waals surface area contributed by atoms with E-state index in [1.54, 1.807) is 0 Å². The first-order chi connectivity index (χ1) is 16.1. The number of nitrogens with one attached hydrogen (secondary N) is 2. The third kappa shape index (κ3) is 6.05. The summed E-state index contributed by atoms with van der Waals surface area (Å²) in [5, 5.41) is 24.8. The van der Waals surface area contributed by atoms with Gasteiger partial charge in [0.05, 0.1) is 12.1 Å². The number of H-pyrrole nitrogens is 1. The van der Waals surface area contributed by atoms with Gasteiger partial charge in [-0.1, -0.05) is 43.3 Å². The van der Waals surface area contributed by atoms with Gasteiger partial charge in [-0.15, -0.1) is 0 Å². The molecule has 0 aliphatic carbocycles. The molecule has 6 nitrogen and oxygen atoms in total. The molecule has 1 aromatic heterocycles. The molecule has 1 heterocycles. The summed E-state index contributed by atoms with van der Waals surface area (Å²) in [5.41, 5.74) is 3.34. The molecule has 3 aromatic carbocycles. The molecule has 0 aliphatic rings. The number of fused-ring (bicyclic) bond motifs is 3. The third-order valence-corrected chi connectivity index (χ3v) is 5.66. The van der Waals surface area contributed by atoms with Crippen molar-refractivity contribution >= 4 is 21.8 Å². The van der Waals surface area contributed by atoms with Gasteiger partial charge in [0.1, 0.15) is 30.8 Å². The van der Waals surface area contributed by atoms with Crippen LogP contribution in [-0.4, -0.2) is 54.2 Å². The predicted octanol–water partition coefficient (Wildman–Crippen LogP) is 3.90. The molecule has 0 saturated heterocycles. The third-order valence-electron chi connectivity index (χ3n) is 5.66. The highest BCUT2D eigenvalue weighted by Gasteiger charge is 2.12. The Morgan fingerprint density at radius 1 is 0.909 bits per heavy atom. The van der Waals surface area contributed by atoms with Crippen molar-refractivity contribution in [1.29, 1.82) is 0 Å². The molecule has 0 saturated carbocycles. The SMILES string of the molecule is CC(CNCC(O)COc1cccc2[nH]c3ccccc3c12)Cc1ccc(OCCO)cc1. The van der Waals surface area contributed by atoms with Crippen LogP contribution in [0.5, 0.6) is 11.5 Å². The number of para-hydroxylation sites is 1. The van der Waals surface area contributed by atoms with Crippen molar-refractivity contribution in [2.75, 3.05) is 32.9 Å². The number of hydrogen-bond donors (Lipinski definition) is 4. The maximum absolute atomic E-state index is 10.4. The lowest BCUT2D eigenvalue weighted by atomic mass is 10.0. The normalized spacial score (nSPS) is 13.3. The van der Waals surface area contributed by atoms with Gasteiger partial charge in [0, 0.05) is 22.8 Å². The van der Waals surface area contributed by atoms with Gasteiger partial charge in [-0.2, -0.15) is 0 Å². The van der Waals surface area contributed by atoms with Crippen molar-refractivity contribution in [2.45, 2.75) is 19.4 Å². The summed E-state index contributed by atoms with van der Waals surface area (Å²) in [6.07, 6.45) is 0.336. The summed E-state index contributed by atoms with van der Waals surface area (Å²) >= 11 is 0. The standard InChI is InChI=1S/C27H32N2O4/c1-19(15-20-9-11-22(12-10-20)32-14-13-30)16-28-17-21(31)18-33-26-8-4-7-25-27(26)23-5-2-3-6-24(23)29-25/h2-12,19,21,28-31H,13-18H2,1H3. The van der Waals surface area contributed by atoms with Crippen molar-refractivity contribution in [3.63, 3.8) is 0 Å². The fourth-order valence-corrected chi connectivity index (χ4v) is 4.09. The van der Waals surface area contributed by atoms with Crippen LogP contribution < -0.4 is 14.8 Å². The lowest BCUT2D eigenvalue weighted by Gasteiger charge is -2.17. The summed E-state index contributed by atoms with van der Waals surface area (Å²) in [5.74, 6) is 1.97. The number of ether oxygens (including phenoxy) is 2. The zero-order chi connectivity index (χ0) is 23.0. The molecular formula is C27H32N2O4. The van der Waals surface area contributed by atoms with E-state index in [0.29, 0.717) is 19.1 Å². The summed E-state index contributed by atoms with van der Waals surface area (Å²) in [6, 6.07) is 22.1. The van der Waals surface area contributed by atoms with Crippen LogP contribution in [0, 0.1) is 5.92 Å². The van der Waals surface area contributed by atoms with Crippen molar-refractivity contribution in [3.05, 3.63) is 72.3 Å². The van der Waals surface area contributed by atoms with E-state index in [-0.39, 0.29) is 13.2 Å². The molecule has 0 bridgehead atoms. The van der Waals surface area contributed by atoms with Crippen LogP contribution >= 0.6 is 0 Å². The number of benzene rings is 3. The first-order valence-electron chi connectivity index (χ1n) is 11.5. The van der Waals surface area contributed by atoms with Crippen LogP contribution in [0.1, 0.15) is 12.5 Å². The maximum atomic E-state index is 10.4. The van der Waals surface area contributed by atoms with Gasteiger partial charge < -0.3 is 30.0 Å². The summed E-state index contributed by atoms with van der Waals surface area (Å²) < 4.78 is 11.4. The Labute approximate surface area is 194 Å². The Balaban J connectivity index is 1.23. The zero-order valence-corrected chi connectivity index (χ0v) is 19.0. The van der Waals surface area contributed by atoms with E-state index in [0.717, 1.165) is 46.3 Å². The van der Waals surface area contributed by atoms with Gasteiger partial charge >= 0.3 is 0 Å². The van der Waals surface area contributed by atoms with Gasteiger partial charge in [0.2, 0.25) is 0 Å². The number of aromatic amines is 1. The van der Waals surface area contributed by atoms with Crippen molar-refractivity contribution in [2.24, 2.45) is 5.92 Å². The maximum Gasteiger partial charge on any atom is 0.129 e.